The van der Waals surface area contributed by atoms with Gasteiger partial charge in [-0.2, -0.15) is 4.72 Å². The minimum absolute atomic E-state index is 0.216. The molecule has 2 aliphatic heterocycles. The van der Waals surface area contributed by atoms with Crippen molar-refractivity contribution < 1.29 is 22.8 Å². The maximum Gasteiger partial charge on any atom is 0.247 e. The van der Waals surface area contributed by atoms with Gasteiger partial charge in [0.15, 0.2) is 0 Å². The molecule has 2 saturated heterocycles. The fourth-order valence-electron chi connectivity index (χ4n) is 4.99. The fraction of sp³-hybridized carbons (Fsp3) is 0.333. The topological polar surface area (TPSA) is 129 Å². The highest BCUT2D eigenvalue weighted by molar-refractivity contribution is 7.92. The van der Waals surface area contributed by atoms with Gasteiger partial charge in [0, 0.05) is 40.6 Å². The van der Waals surface area contributed by atoms with Gasteiger partial charge < -0.3 is 15.1 Å². The molecular weight excluding hydrogens is 574 g/mol. The van der Waals surface area contributed by atoms with E-state index in [-0.39, 0.29) is 18.4 Å². The van der Waals surface area contributed by atoms with Gasteiger partial charge in [-0.15, -0.1) is 11.3 Å². The quantitative estimate of drug-likeness (QED) is 0.407. The Bertz CT molecular complexity index is 1570. The second kappa shape index (κ2) is 12.0. The molecule has 1 aromatic carbocycles. The number of nitrogens with one attached hydrogen (secondary N) is 2. The zero-order valence-electron chi connectivity index (χ0n) is 21.5. The van der Waals surface area contributed by atoms with Gasteiger partial charge in [0.05, 0.1) is 16.4 Å². The number of rotatable bonds is 8. The van der Waals surface area contributed by atoms with Crippen LogP contribution in [0.3, 0.4) is 0 Å². The molecule has 40 heavy (non-hydrogen) atoms. The number of hydrogen-bond acceptors (Lipinski definition) is 7. The van der Waals surface area contributed by atoms with Gasteiger partial charge in [0.1, 0.15) is 12.1 Å². The first-order chi connectivity index (χ1) is 19.2. The number of nitrogens with zero attached hydrogens (tertiary/aromatic N) is 3. The minimum Gasteiger partial charge on any atom is -0.332 e. The van der Waals surface area contributed by atoms with Crippen LogP contribution < -0.4 is 10.0 Å². The number of sulfonamides is 1. The molecule has 2 atom stereocenters. The molecule has 2 aliphatic rings. The van der Waals surface area contributed by atoms with Crippen molar-refractivity contribution >= 4 is 73.3 Å². The summed E-state index contributed by atoms with van der Waals surface area (Å²) in [6, 6.07) is 10.9. The molecule has 4 heterocycles. The number of carbonyl (C=O) groups is 3. The number of likely N-dealkylation sites (tertiary alicyclic amines) is 2. The van der Waals surface area contributed by atoms with Crippen molar-refractivity contribution in [2.24, 2.45) is 0 Å². The first kappa shape index (κ1) is 28.2. The van der Waals surface area contributed by atoms with E-state index in [9.17, 15) is 22.8 Å². The summed E-state index contributed by atoms with van der Waals surface area (Å²) >= 11 is 7.12. The Hall–Kier alpha value is -3.32. The van der Waals surface area contributed by atoms with E-state index in [4.69, 9.17) is 11.6 Å². The Morgan fingerprint density at radius 1 is 1.12 bits per heavy atom. The van der Waals surface area contributed by atoms with Crippen molar-refractivity contribution in [2.75, 3.05) is 25.0 Å². The van der Waals surface area contributed by atoms with Crippen molar-refractivity contribution in [3.63, 3.8) is 0 Å². The second-order valence-electron chi connectivity index (χ2n) is 9.71. The molecule has 5 rings (SSSR count). The largest absolute Gasteiger partial charge is 0.332 e. The lowest BCUT2D eigenvalue weighted by Gasteiger charge is -2.33. The van der Waals surface area contributed by atoms with E-state index in [0.717, 1.165) is 16.3 Å². The number of fused-ring (bicyclic) bond motifs is 1. The van der Waals surface area contributed by atoms with Crippen LogP contribution in [0.5, 0.6) is 0 Å². The molecule has 2 N–H and O–H groups in total. The van der Waals surface area contributed by atoms with Crippen molar-refractivity contribution in [2.45, 2.75) is 37.8 Å². The van der Waals surface area contributed by atoms with Crippen molar-refractivity contribution in [3.05, 3.63) is 63.3 Å². The normalized spacial score (nSPS) is 20.0. The first-order valence-electron chi connectivity index (χ1n) is 12.9. The van der Waals surface area contributed by atoms with Crippen LogP contribution in [0.2, 0.25) is 4.34 Å². The highest BCUT2D eigenvalue weighted by Gasteiger charge is 2.37. The van der Waals surface area contributed by atoms with E-state index in [1.54, 1.807) is 24.4 Å². The smallest absolute Gasteiger partial charge is 0.247 e. The van der Waals surface area contributed by atoms with Crippen LogP contribution in [0.25, 0.3) is 17.0 Å². The predicted octanol–water partition coefficient (Wildman–Crippen LogP) is 3.46. The number of pyridine rings is 1. The summed E-state index contributed by atoms with van der Waals surface area (Å²) in [6.45, 7) is 0.530. The summed E-state index contributed by atoms with van der Waals surface area (Å²) in [6.07, 6.45) is 5.18. The Balaban J connectivity index is 1.19. The summed E-state index contributed by atoms with van der Waals surface area (Å²) in [5, 5.41) is 4.80. The monoisotopic (exact) mass is 601 g/mol. The van der Waals surface area contributed by atoms with E-state index in [0.29, 0.717) is 53.7 Å². The molecule has 0 spiro atoms. The molecular formula is C27H28ClN5O5S2. The average Bonchev–Trinajstić information content (AvgIpc) is 3.59. The summed E-state index contributed by atoms with van der Waals surface area (Å²) in [4.78, 5) is 47.3. The summed E-state index contributed by atoms with van der Waals surface area (Å²) < 4.78 is 28.1. The van der Waals surface area contributed by atoms with Gasteiger partial charge in [0.25, 0.3) is 0 Å². The summed E-state index contributed by atoms with van der Waals surface area (Å²) in [5.74, 6) is -1.09. The maximum absolute atomic E-state index is 13.2. The van der Waals surface area contributed by atoms with Crippen molar-refractivity contribution in [1.82, 2.24) is 19.5 Å². The van der Waals surface area contributed by atoms with Crippen LogP contribution in [0, 0.1) is 0 Å². The zero-order valence-corrected chi connectivity index (χ0v) is 23.8. The molecule has 0 unspecified atom stereocenters. The number of piperidine rings is 1. The highest BCUT2D eigenvalue weighted by atomic mass is 35.5. The number of amides is 3. The fourth-order valence-corrected chi connectivity index (χ4v) is 7.06. The molecule has 2 aromatic heterocycles. The Labute approximate surface area is 241 Å². The van der Waals surface area contributed by atoms with Gasteiger partial charge in [-0.05, 0) is 68.2 Å². The average molecular weight is 602 g/mol. The lowest BCUT2D eigenvalue weighted by molar-refractivity contribution is -0.144. The van der Waals surface area contributed by atoms with Gasteiger partial charge >= 0.3 is 0 Å². The van der Waals surface area contributed by atoms with Crippen LogP contribution in [0.15, 0.2) is 54.1 Å². The van der Waals surface area contributed by atoms with Crippen LogP contribution in [-0.4, -0.2) is 72.6 Å². The third-order valence-corrected chi connectivity index (χ3v) is 9.22. The lowest BCUT2D eigenvalue weighted by Crippen LogP contribution is -2.55. The SMILES string of the molecule is O=C(Nc1ccc2ncccc2c1)[C@@H]1CCCN1C(=O)CN1CCC[C@H](NS(=O)(=O)/C=C/c2ccc(Cl)s2)C1=O. The van der Waals surface area contributed by atoms with E-state index < -0.39 is 28.0 Å². The molecule has 3 amide bonds. The van der Waals surface area contributed by atoms with Gasteiger partial charge in [-0.25, -0.2) is 8.42 Å². The predicted molar refractivity (Wildman–Crippen MR) is 155 cm³/mol. The van der Waals surface area contributed by atoms with Crippen molar-refractivity contribution in [3.8, 4) is 0 Å². The molecule has 3 aromatic rings. The highest BCUT2D eigenvalue weighted by Crippen LogP contribution is 2.24. The Morgan fingerprint density at radius 3 is 2.75 bits per heavy atom. The molecule has 13 heteroatoms. The minimum atomic E-state index is -3.90. The van der Waals surface area contributed by atoms with E-state index in [2.05, 4.69) is 15.0 Å². The van der Waals surface area contributed by atoms with E-state index in [1.807, 2.05) is 24.3 Å². The number of thiophene rings is 1. The van der Waals surface area contributed by atoms with Crippen LogP contribution in [0.4, 0.5) is 5.69 Å². The first-order valence-corrected chi connectivity index (χ1v) is 15.6. The van der Waals surface area contributed by atoms with Gasteiger partial charge in [-0.3, -0.25) is 19.4 Å². The Morgan fingerprint density at radius 2 is 1.95 bits per heavy atom. The molecule has 2 fully saturated rings. The van der Waals surface area contributed by atoms with E-state index >= 15 is 0 Å². The number of carbonyl (C=O) groups excluding carboxylic acids is 3. The number of aromatic nitrogens is 1. The standard InChI is InChI=1S/C27H28ClN5O5S2/c28-24-10-8-20(39-24)11-15-40(37,38)31-22-5-2-13-32(27(22)36)17-25(34)33-14-3-6-23(33)26(35)30-19-7-9-21-18(16-19)4-1-12-29-21/h1,4,7-12,15-16,22-23,31H,2-3,5-6,13-14,17H2,(H,30,35)/b15-11+/t22-,23-/m0/s1. The number of hydrogen-bond donors (Lipinski definition) is 2. The second-order valence-corrected chi connectivity index (χ2v) is 13.1. The molecule has 0 aliphatic carbocycles. The van der Waals surface area contributed by atoms with E-state index in [1.165, 1.54) is 27.2 Å². The molecule has 10 nitrogen and oxygen atoms in total. The Kier molecular flexibility index (Phi) is 8.50. The maximum atomic E-state index is 13.2. The summed E-state index contributed by atoms with van der Waals surface area (Å²) in [5.41, 5.74) is 1.43. The van der Waals surface area contributed by atoms with Gasteiger partial charge in [0.2, 0.25) is 27.7 Å². The van der Waals surface area contributed by atoms with Crippen LogP contribution >= 0.6 is 22.9 Å². The molecule has 0 saturated carbocycles. The van der Waals surface area contributed by atoms with Crippen LogP contribution in [-0.2, 0) is 24.4 Å². The molecule has 0 radical (unpaired) electrons. The van der Waals surface area contributed by atoms with Crippen molar-refractivity contribution in [1.29, 1.82) is 0 Å². The number of halogens is 1. The lowest BCUT2D eigenvalue weighted by atomic mass is 10.1. The third kappa shape index (κ3) is 6.69. The zero-order chi connectivity index (χ0) is 28.3. The number of benzene rings is 1. The summed E-state index contributed by atoms with van der Waals surface area (Å²) in [7, 11) is -3.90. The van der Waals surface area contributed by atoms with Crippen LogP contribution in [0.1, 0.15) is 30.6 Å². The third-order valence-electron chi connectivity index (χ3n) is 6.92. The number of anilines is 1. The van der Waals surface area contributed by atoms with Gasteiger partial charge in [-0.1, -0.05) is 17.7 Å². The molecule has 0 bridgehead atoms. The molecule has 210 valence electrons.